The van der Waals surface area contributed by atoms with Crippen molar-refractivity contribution in [3.8, 4) is 5.75 Å². The summed E-state index contributed by atoms with van der Waals surface area (Å²) in [6.45, 7) is 0.890. The number of aliphatic hydroxyl groups is 2. The molecule has 2 N–H and O–H groups in total. The van der Waals surface area contributed by atoms with E-state index in [0.29, 0.717) is 19.6 Å². The van der Waals surface area contributed by atoms with Gasteiger partial charge in [-0.25, -0.2) is 0 Å². The number of hydrogen-bond donors (Lipinski definition) is 2. The monoisotopic (exact) mass is 394 g/mol. The largest absolute Gasteiger partial charge is 0.497 e. The molecule has 0 aromatic heterocycles. The minimum Gasteiger partial charge on any atom is -0.497 e. The van der Waals surface area contributed by atoms with Crippen LogP contribution >= 0.6 is 0 Å². The van der Waals surface area contributed by atoms with Gasteiger partial charge in [-0.2, -0.15) is 0 Å². The Labute approximate surface area is 165 Å². The highest BCUT2D eigenvalue weighted by Gasteiger charge is 2.51. The van der Waals surface area contributed by atoms with Crippen LogP contribution in [-0.2, 0) is 25.6 Å². The summed E-state index contributed by atoms with van der Waals surface area (Å²) in [5, 5.41) is 19.4. The number of rotatable bonds is 6. The fraction of sp³-hybridized carbons (Fsp3) is 0.714. The lowest BCUT2D eigenvalue weighted by atomic mass is 9.90. The Bertz CT molecular complexity index is 636. The number of ether oxygens (including phenoxy) is 5. The third-order valence-corrected chi connectivity index (χ3v) is 5.98. The molecule has 7 nitrogen and oxygen atoms in total. The number of methoxy groups -OCH3 is 1. The van der Waals surface area contributed by atoms with Crippen LogP contribution < -0.4 is 4.74 Å². The third-order valence-electron chi connectivity index (χ3n) is 5.98. The maximum absolute atomic E-state index is 10.1. The standard InChI is InChI=1S/C21H30O7/c1-24-15-4-2-14(3-5-15)12-25-13-16-6-8-21(27-16)9-7-18-19(28-21)10-17(23)20(11-22)26-18/h2-5,16-20,22-23H,6-13H2,1H3/t16?,17-,18+,19-,20+,21+/m0/s1. The lowest BCUT2D eigenvalue weighted by molar-refractivity contribution is -0.321. The van der Waals surface area contributed by atoms with Gasteiger partial charge in [-0.3, -0.25) is 0 Å². The second-order valence-corrected chi connectivity index (χ2v) is 7.95. The normalized spacial score (nSPS) is 37.8. The highest BCUT2D eigenvalue weighted by molar-refractivity contribution is 5.26. The van der Waals surface area contributed by atoms with Gasteiger partial charge in [0.2, 0.25) is 0 Å². The zero-order valence-electron chi connectivity index (χ0n) is 16.3. The van der Waals surface area contributed by atoms with Crippen LogP contribution in [0.3, 0.4) is 0 Å². The van der Waals surface area contributed by atoms with Crippen molar-refractivity contribution < 1.29 is 33.9 Å². The first-order valence-corrected chi connectivity index (χ1v) is 10.1. The second kappa shape index (κ2) is 8.65. The minimum atomic E-state index is -0.702. The van der Waals surface area contributed by atoms with E-state index in [1.165, 1.54) is 0 Å². The van der Waals surface area contributed by atoms with Crippen LogP contribution in [0.15, 0.2) is 24.3 Å². The van der Waals surface area contributed by atoms with E-state index >= 15 is 0 Å². The van der Waals surface area contributed by atoms with Crippen LogP contribution in [0, 0.1) is 0 Å². The maximum Gasteiger partial charge on any atom is 0.169 e. The summed E-state index contributed by atoms with van der Waals surface area (Å²) in [4.78, 5) is 0. The Balaban J connectivity index is 1.24. The van der Waals surface area contributed by atoms with Gasteiger partial charge in [0.25, 0.3) is 0 Å². The van der Waals surface area contributed by atoms with Gasteiger partial charge in [-0.05, 0) is 30.5 Å². The van der Waals surface area contributed by atoms with E-state index in [1.54, 1.807) is 7.11 Å². The molecule has 0 aliphatic carbocycles. The van der Waals surface area contributed by atoms with E-state index in [9.17, 15) is 10.2 Å². The van der Waals surface area contributed by atoms with E-state index in [0.717, 1.165) is 37.0 Å². The maximum atomic E-state index is 10.1. The van der Waals surface area contributed by atoms with Crippen molar-refractivity contribution in [2.24, 2.45) is 0 Å². The van der Waals surface area contributed by atoms with Gasteiger partial charge >= 0.3 is 0 Å². The van der Waals surface area contributed by atoms with Gasteiger partial charge in [0, 0.05) is 19.3 Å². The molecular weight excluding hydrogens is 364 g/mol. The second-order valence-electron chi connectivity index (χ2n) is 7.95. The van der Waals surface area contributed by atoms with E-state index < -0.39 is 18.0 Å². The zero-order valence-corrected chi connectivity index (χ0v) is 16.3. The molecule has 7 heteroatoms. The molecule has 0 radical (unpaired) electrons. The van der Waals surface area contributed by atoms with Gasteiger partial charge in [0.1, 0.15) is 11.9 Å². The van der Waals surface area contributed by atoms with E-state index in [-0.39, 0.29) is 24.9 Å². The summed E-state index contributed by atoms with van der Waals surface area (Å²) >= 11 is 0. The Morgan fingerprint density at radius 1 is 1.11 bits per heavy atom. The summed E-state index contributed by atoms with van der Waals surface area (Å²) in [6, 6.07) is 7.84. The molecule has 3 heterocycles. The average Bonchev–Trinajstić information content (AvgIpc) is 3.10. The van der Waals surface area contributed by atoms with Gasteiger partial charge in [0.05, 0.1) is 51.3 Å². The molecule has 0 amide bonds. The Kier molecular flexibility index (Phi) is 6.20. The van der Waals surface area contributed by atoms with Crippen molar-refractivity contribution in [1.29, 1.82) is 0 Å². The molecule has 4 rings (SSSR count). The zero-order chi connectivity index (χ0) is 19.6. The predicted molar refractivity (Wildman–Crippen MR) is 100.0 cm³/mol. The fourth-order valence-electron chi connectivity index (χ4n) is 4.40. The van der Waals surface area contributed by atoms with Crippen molar-refractivity contribution in [3.05, 3.63) is 29.8 Å². The van der Waals surface area contributed by atoms with Crippen LogP contribution in [0.4, 0.5) is 0 Å². The van der Waals surface area contributed by atoms with Crippen LogP contribution in [-0.4, -0.2) is 66.8 Å². The average molecular weight is 394 g/mol. The molecule has 0 bridgehead atoms. The van der Waals surface area contributed by atoms with Crippen molar-refractivity contribution in [2.45, 2.75) is 75.0 Å². The molecule has 6 atom stereocenters. The Morgan fingerprint density at radius 3 is 2.64 bits per heavy atom. The van der Waals surface area contributed by atoms with Crippen LogP contribution in [0.5, 0.6) is 5.75 Å². The first-order chi connectivity index (χ1) is 13.6. The molecule has 1 aromatic carbocycles. The Hall–Kier alpha value is -1.22. The van der Waals surface area contributed by atoms with Gasteiger partial charge in [0.15, 0.2) is 5.79 Å². The first kappa shape index (κ1) is 20.1. The molecule has 1 unspecified atom stereocenters. The minimum absolute atomic E-state index is 0.00872. The predicted octanol–water partition coefficient (Wildman–Crippen LogP) is 1.78. The van der Waals surface area contributed by atoms with E-state index in [4.69, 9.17) is 23.7 Å². The summed E-state index contributed by atoms with van der Waals surface area (Å²) in [5.41, 5.74) is 1.09. The fourth-order valence-corrected chi connectivity index (χ4v) is 4.40. The molecule has 3 saturated heterocycles. The number of aliphatic hydroxyl groups excluding tert-OH is 2. The molecule has 1 spiro atoms. The van der Waals surface area contributed by atoms with Crippen molar-refractivity contribution in [3.63, 3.8) is 0 Å². The highest BCUT2D eigenvalue weighted by Crippen LogP contribution is 2.44. The molecule has 3 aliphatic heterocycles. The lowest BCUT2D eigenvalue weighted by Crippen LogP contribution is -2.56. The summed E-state index contributed by atoms with van der Waals surface area (Å²) in [7, 11) is 1.65. The molecule has 28 heavy (non-hydrogen) atoms. The molecular formula is C21H30O7. The van der Waals surface area contributed by atoms with Gasteiger partial charge in [-0.15, -0.1) is 0 Å². The molecule has 0 saturated carbocycles. The van der Waals surface area contributed by atoms with E-state index in [2.05, 4.69) is 0 Å². The van der Waals surface area contributed by atoms with Gasteiger partial charge < -0.3 is 33.9 Å². The summed E-state index contributed by atoms with van der Waals surface area (Å²) in [6.07, 6.45) is 2.29. The molecule has 156 valence electrons. The van der Waals surface area contributed by atoms with Crippen molar-refractivity contribution in [2.75, 3.05) is 20.3 Å². The third kappa shape index (κ3) is 4.35. The number of benzene rings is 1. The van der Waals surface area contributed by atoms with Gasteiger partial charge in [-0.1, -0.05) is 12.1 Å². The SMILES string of the molecule is COc1ccc(COCC2CC[C@@]3(CC[C@H]4O[C@H](CO)[C@@H](O)C[C@@H]4O3)O2)cc1. The number of fused-ring (bicyclic) bond motifs is 1. The summed E-state index contributed by atoms with van der Waals surface area (Å²) in [5.74, 6) is 0.240. The molecule has 1 aromatic rings. The van der Waals surface area contributed by atoms with Crippen LogP contribution in [0.2, 0.25) is 0 Å². The molecule has 3 aliphatic rings. The lowest BCUT2D eigenvalue weighted by Gasteiger charge is -2.47. The first-order valence-electron chi connectivity index (χ1n) is 10.1. The van der Waals surface area contributed by atoms with Crippen LogP contribution in [0.1, 0.15) is 37.7 Å². The van der Waals surface area contributed by atoms with Crippen molar-refractivity contribution >= 4 is 0 Å². The molecule has 3 fully saturated rings. The summed E-state index contributed by atoms with van der Waals surface area (Å²) < 4.78 is 29.3. The topological polar surface area (TPSA) is 86.6 Å². The van der Waals surface area contributed by atoms with Crippen LogP contribution in [0.25, 0.3) is 0 Å². The van der Waals surface area contributed by atoms with E-state index in [1.807, 2.05) is 24.3 Å². The smallest absolute Gasteiger partial charge is 0.169 e. The number of hydrogen-bond acceptors (Lipinski definition) is 7. The van der Waals surface area contributed by atoms with Crippen molar-refractivity contribution in [1.82, 2.24) is 0 Å². The quantitative estimate of drug-likeness (QED) is 0.760. The highest BCUT2D eigenvalue weighted by atomic mass is 16.7. The Morgan fingerprint density at radius 2 is 1.89 bits per heavy atom.